The average Bonchev–Trinajstić information content (AvgIpc) is 2.85. The van der Waals surface area contributed by atoms with E-state index in [1.165, 1.54) is 29.9 Å². The third-order valence-electron chi connectivity index (χ3n) is 6.77. The van der Waals surface area contributed by atoms with Crippen LogP contribution in [0.25, 0.3) is 0 Å². The minimum atomic E-state index is -0.656. The molecule has 0 aliphatic carbocycles. The first-order valence-corrected chi connectivity index (χ1v) is 12.7. The Hall–Kier alpha value is -3.54. The average molecular weight is 506 g/mol. The number of methoxy groups -OCH3 is 1. The van der Waals surface area contributed by atoms with Crippen molar-refractivity contribution < 1.29 is 23.4 Å². The van der Waals surface area contributed by atoms with Crippen LogP contribution in [0, 0.1) is 19.7 Å². The molecule has 196 valence electrons. The second-order valence-electron chi connectivity index (χ2n) is 10.7. The molecule has 0 aromatic heterocycles. The Labute approximate surface area is 219 Å². The van der Waals surface area contributed by atoms with Crippen molar-refractivity contribution in [2.45, 2.75) is 65.2 Å². The molecule has 0 saturated heterocycles. The number of aryl methyl sites for hydroxylation is 1. The van der Waals surface area contributed by atoms with Crippen LogP contribution in [-0.4, -0.2) is 36.4 Å². The summed E-state index contributed by atoms with van der Waals surface area (Å²) in [4.78, 5) is 14.9. The van der Waals surface area contributed by atoms with Crippen molar-refractivity contribution in [2.24, 2.45) is 0 Å². The summed E-state index contributed by atoms with van der Waals surface area (Å²) in [6.45, 7) is 10.4. The molecule has 1 heterocycles. The lowest BCUT2D eigenvalue weighted by atomic mass is 9.81. The number of benzene rings is 3. The zero-order valence-electron chi connectivity index (χ0n) is 22.5. The van der Waals surface area contributed by atoms with Gasteiger partial charge in [-0.05, 0) is 81.5 Å². The maximum absolute atomic E-state index is 14.0. The van der Waals surface area contributed by atoms with Crippen molar-refractivity contribution in [3.63, 3.8) is 0 Å². The van der Waals surface area contributed by atoms with Crippen molar-refractivity contribution in [1.29, 1.82) is 0 Å². The Morgan fingerprint density at radius 1 is 1.05 bits per heavy atom. The Balaban J connectivity index is 1.65. The first-order valence-electron chi connectivity index (χ1n) is 12.7. The molecule has 1 aliphatic rings. The first kappa shape index (κ1) is 26.5. The number of carbonyl (C=O) groups is 1. The molecule has 0 N–H and O–H groups in total. The highest BCUT2D eigenvalue weighted by atomic mass is 19.1. The molecule has 37 heavy (non-hydrogen) atoms. The summed E-state index contributed by atoms with van der Waals surface area (Å²) in [6.07, 6.45) is 0.0177. The van der Waals surface area contributed by atoms with E-state index >= 15 is 0 Å². The topological polar surface area (TPSA) is 48.0 Å². The van der Waals surface area contributed by atoms with E-state index in [-0.39, 0.29) is 24.3 Å². The monoisotopic (exact) mass is 505 g/mol. The summed E-state index contributed by atoms with van der Waals surface area (Å²) in [5, 5.41) is 0. The molecular formula is C31H36FNO4. The number of hydrogen-bond donors (Lipinski definition) is 0. The molecule has 1 aliphatic heterocycles. The van der Waals surface area contributed by atoms with E-state index in [9.17, 15) is 9.18 Å². The van der Waals surface area contributed by atoms with Gasteiger partial charge in [0.05, 0.1) is 13.7 Å². The summed E-state index contributed by atoms with van der Waals surface area (Å²) in [7, 11) is 1.43. The van der Waals surface area contributed by atoms with Gasteiger partial charge >= 0.3 is 6.09 Å². The first-order chi connectivity index (χ1) is 17.6. The lowest BCUT2D eigenvalue weighted by Crippen LogP contribution is -2.43. The Morgan fingerprint density at radius 3 is 2.51 bits per heavy atom. The summed E-state index contributed by atoms with van der Waals surface area (Å²) in [6, 6.07) is 19.1. The number of para-hydroxylation sites is 1. The van der Waals surface area contributed by atoms with Gasteiger partial charge in [0.25, 0.3) is 0 Å². The Kier molecular flexibility index (Phi) is 7.76. The molecule has 0 radical (unpaired) electrons. The SMILES string of the molecule is COc1cc(CN(CC2CC(c3cccc(C)c3C)c3ccccc3O2)C(=O)OC(C)(C)C)ccc1F. The minimum Gasteiger partial charge on any atom is -0.494 e. The lowest BCUT2D eigenvalue weighted by Gasteiger charge is -2.36. The van der Waals surface area contributed by atoms with E-state index in [1.807, 2.05) is 39.0 Å². The normalized spacial score (nSPS) is 16.9. The number of fused-ring (bicyclic) bond motifs is 1. The van der Waals surface area contributed by atoms with Gasteiger partial charge < -0.3 is 19.1 Å². The highest BCUT2D eigenvalue weighted by Crippen LogP contribution is 2.42. The van der Waals surface area contributed by atoms with Crippen LogP contribution in [0.3, 0.4) is 0 Å². The second kappa shape index (κ2) is 10.8. The van der Waals surface area contributed by atoms with Crippen LogP contribution in [0.15, 0.2) is 60.7 Å². The predicted molar refractivity (Wildman–Crippen MR) is 143 cm³/mol. The maximum Gasteiger partial charge on any atom is 0.410 e. The molecule has 5 nitrogen and oxygen atoms in total. The van der Waals surface area contributed by atoms with E-state index in [2.05, 4.69) is 38.1 Å². The quantitative estimate of drug-likeness (QED) is 0.356. The molecule has 2 unspecified atom stereocenters. The predicted octanol–water partition coefficient (Wildman–Crippen LogP) is 7.17. The van der Waals surface area contributed by atoms with Crippen LogP contribution >= 0.6 is 0 Å². The van der Waals surface area contributed by atoms with Gasteiger partial charge in [-0.1, -0.05) is 42.5 Å². The van der Waals surface area contributed by atoms with E-state index in [4.69, 9.17) is 14.2 Å². The summed E-state index contributed by atoms with van der Waals surface area (Å²) in [5.74, 6) is 0.664. The van der Waals surface area contributed by atoms with E-state index < -0.39 is 17.5 Å². The van der Waals surface area contributed by atoms with Crippen molar-refractivity contribution >= 4 is 6.09 Å². The molecule has 0 fully saturated rings. The van der Waals surface area contributed by atoms with Crippen LogP contribution in [0.4, 0.5) is 9.18 Å². The molecule has 3 aromatic rings. The summed E-state index contributed by atoms with van der Waals surface area (Å²) < 4.78 is 31.3. The number of hydrogen-bond acceptors (Lipinski definition) is 4. The third-order valence-corrected chi connectivity index (χ3v) is 6.77. The zero-order chi connectivity index (χ0) is 26.7. The largest absolute Gasteiger partial charge is 0.494 e. The number of carbonyl (C=O) groups excluding carboxylic acids is 1. The van der Waals surface area contributed by atoms with Gasteiger partial charge in [0.15, 0.2) is 11.6 Å². The Morgan fingerprint density at radius 2 is 1.78 bits per heavy atom. The second-order valence-corrected chi connectivity index (χ2v) is 10.7. The molecule has 0 bridgehead atoms. The van der Waals surface area contributed by atoms with Crippen molar-refractivity contribution in [3.05, 3.63) is 94.3 Å². The maximum atomic E-state index is 14.0. The fourth-order valence-electron chi connectivity index (χ4n) is 4.85. The molecule has 6 heteroatoms. The summed E-state index contributed by atoms with van der Waals surface area (Å²) >= 11 is 0. The van der Waals surface area contributed by atoms with Crippen molar-refractivity contribution in [1.82, 2.24) is 4.90 Å². The fourth-order valence-corrected chi connectivity index (χ4v) is 4.85. The Bertz CT molecular complexity index is 1270. The smallest absolute Gasteiger partial charge is 0.410 e. The van der Waals surface area contributed by atoms with Crippen LogP contribution < -0.4 is 9.47 Å². The van der Waals surface area contributed by atoms with E-state index in [0.717, 1.165) is 16.9 Å². The highest BCUT2D eigenvalue weighted by Gasteiger charge is 2.33. The van der Waals surface area contributed by atoms with Gasteiger partial charge in [0.1, 0.15) is 17.5 Å². The van der Waals surface area contributed by atoms with Gasteiger partial charge in [-0.2, -0.15) is 0 Å². The molecule has 1 amide bonds. The third kappa shape index (κ3) is 6.24. The standard InChI is InChI=1S/C31H36FNO4/c1-20-10-9-12-24(21(20)2)26-17-23(36-28-13-8-7-11-25(26)28)19-33(30(34)37-31(3,4)5)18-22-14-15-27(32)29(16-22)35-6/h7-16,23,26H,17-19H2,1-6H3. The molecule has 3 aromatic carbocycles. The van der Waals surface area contributed by atoms with Crippen LogP contribution in [0.2, 0.25) is 0 Å². The van der Waals surface area contributed by atoms with Gasteiger partial charge in [-0.3, -0.25) is 0 Å². The highest BCUT2D eigenvalue weighted by molar-refractivity contribution is 5.68. The van der Waals surface area contributed by atoms with Gasteiger partial charge in [-0.15, -0.1) is 0 Å². The number of amides is 1. The number of ether oxygens (including phenoxy) is 3. The molecular weight excluding hydrogens is 469 g/mol. The molecule has 4 rings (SSSR count). The van der Waals surface area contributed by atoms with Gasteiger partial charge in [0.2, 0.25) is 0 Å². The van der Waals surface area contributed by atoms with Crippen LogP contribution in [0.5, 0.6) is 11.5 Å². The van der Waals surface area contributed by atoms with E-state index in [0.29, 0.717) is 13.0 Å². The zero-order valence-corrected chi connectivity index (χ0v) is 22.5. The molecule has 0 saturated carbocycles. The minimum absolute atomic E-state index is 0.138. The lowest BCUT2D eigenvalue weighted by molar-refractivity contribution is 0.0128. The van der Waals surface area contributed by atoms with E-state index in [1.54, 1.807) is 17.0 Å². The number of rotatable bonds is 6. The van der Waals surface area contributed by atoms with Crippen molar-refractivity contribution in [3.8, 4) is 11.5 Å². The molecule has 0 spiro atoms. The molecule has 2 atom stereocenters. The fraction of sp³-hybridized carbons (Fsp3) is 0.387. The number of halogens is 1. The van der Waals surface area contributed by atoms with Gasteiger partial charge in [0, 0.05) is 18.0 Å². The van der Waals surface area contributed by atoms with Gasteiger partial charge in [-0.25, -0.2) is 9.18 Å². The summed E-state index contributed by atoms with van der Waals surface area (Å²) in [5.41, 5.74) is 5.03. The van der Waals surface area contributed by atoms with Crippen LogP contribution in [-0.2, 0) is 11.3 Å². The van der Waals surface area contributed by atoms with Crippen LogP contribution in [0.1, 0.15) is 60.9 Å². The van der Waals surface area contributed by atoms with Crippen molar-refractivity contribution in [2.75, 3.05) is 13.7 Å². The number of nitrogens with zero attached hydrogens (tertiary/aromatic N) is 1.